The van der Waals surface area contributed by atoms with Gasteiger partial charge in [-0.1, -0.05) is 139 Å². The minimum atomic E-state index is 0.306. The van der Waals surface area contributed by atoms with Crippen LogP contribution in [0.3, 0.4) is 0 Å². The molecule has 63 heavy (non-hydrogen) atoms. The van der Waals surface area contributed by atoms with Gasteiger partial charge in [0.15, 0.2) is 11.2 Å². The lowest BCUT2D eigenvalue weighted by Gasteiger charge is -2.10. The molecule has 0 aliphatic carbocycles. The van der Waals surface area contributed by atoms with Gasteiger partial charge >= 0.3 is 0 Å². The summed E-state index contributed by atoms with van der Waals surface area (Å²) in [5.74, 6) is 1.12. The van der Waals surface area contributed by atoms with E-state index in [1.165, 1.54) is 5.56 Å². The number of furan rings is 1. The largest absolute Gasteiger partial charge is 0.453 e. The van der Waals surface area contributed by atoms with Gasteiger partial charge in [0, 0.05) is 39.5 Å². The van der Waals surface area contributed by atoms with E-state index in [1.807, 2.05) is 89.5 Å². The number of benzene rings is 7. The highest BCUT2D eigenvalue weighted by atomic mass is 16.3. The molecule has 0 saturated carbocycles. The van der Waals surface area contributed by atoms with Crippen molar-refractivity contribution in [3.63, 3.8) is 0 Å². The van der Waals surface area contributed by atoms with Crippen molar-refractivity contribution in [1.29, 1.82) is 5.41 Å². The van der Waals surface area contributed by atoms with Crippen LogP contribution in [-0.2, 0) is 0 Å². The molecule has 0 saturated heterocycles. The molecule has 0 bridgehead atoms. The quantitative estimate of drug-likeness (QED) is 0.134. The molecule has 7 nitrogen and oxygen atoms in total. The number of hydrogen-bond donors (Lipinski definition) is 2. The summed E-state index contributed by atoms with van der Waals surface area (Å²) in [6.07, 6.45) is 3.52. The van der Waals surface area contributed by atoms with Crippen molar-refractivity contribution in [2.75, 3.05) is 0 Å². The van der Waals surface area contributed by atoms with Gasteiger partial charge < -0.3 is 10.2 Å². The van der Waals surface area contributed by atoms with Crippen LogP contribution >= 0.6 is 0 Å². The average Bonchev–Trinajstić information content (AvgIpc) is 3.99. The summed E-state index contributed by atoms with van der Waals surface area (Å²) in [5.41, 5.74) is 20.7. The Morgan fingerprint density at radius 2 is 1.14 bits per heavy atom. The van der Waals surface area contributed by atoms with Gasteiger partial charge in [-0.3, -0.25) is 19.5 Å². The van der Waals surface area contributed by atoms with Crippen molar-refractivity contribution in [1.82, 2.24) is 19.1 Å². The minimum Gasteiger partial charge on any atom is -0.453 e. The average molecular weight is 813 g/mol. The predicted octanol–water partition coefficient (Wildman–Crippen LogP) is 13.7. The summed E-state index contributed by atoms with van der Waals surface area (Å²) in [7, 11) is 0. The van der Waals surface area contributed by atoms with Gasteiger partial charge in [0.25, 0.3) is 0 Å². The standard InChI is InChI=1S/C49H32N6O.C7H8/c50-39(30-10-2-1-3-11-30)29-46(51)54-40-16-6-4-14-35(40)37-21-19-34(28-43(37)54)32-13-8-12-31(26-32)33-20-22-42-38(27-33)36-15-5-7-17-41(36)55(42)47-24-23-45-49(53-47)48-44(56-45)18-9-25-52-48;1-7-5-3-2-4-6-7/h1-29,51H,50H2;2-6H,1H3/b39-29-,51-46?;. The van der Waals surface area contributed by atoms with Gasteiger partial charge in [0.05, 0.1) is 22.1 Å². The molecule has 5 aromatic heterocycles. The zero-order chi connectivity index (χ0) is 42.4. The number of allylic oxidation sites excluding steroid dienone is 1. The molecular formula is C56H40N6O. The molecule has 0 spiro atoms. The first kappa shape index (κ1) is 37.4. The van der Waals surface area contributed by atoms with E-state index in [4.69, 9.17) is 15.1 Å². The number of nitrogens with two attached hydrogens (primary N) is 1. The van der Waals surface area contributed by atoms with E-state index in [0.717, 1.165) is 93.9 Å². The number of aromatic nitrogens is 4. The van der Waals surface area contributed by atoms with Crippen LogP contribution < -0.4 is 5.73 Å². The minimum absolute atomic E-state index is 0.306. The van der Waals surface area contributed by atoms with Crippen LogP contribution in [0.5, 0.6) is 0 Å². The van der Waals surface area contributed by atoms with E-state index in [1.54, 1.807) is 12.3 Å². The van der Waals surface area contributed by atoms with Crippen molar-refractivity contribution in [2.24, 2.45) is 5.73 Å². The van der Waals surface area contributed by atoms with Crippen molar-refractivity contribution in [2.45, 2.75) is 6.92 Å². The summed E-state index contributed by atoms with van der Waals surface area (Å²) < 4.78 is 10.3. The molecule has 3 N–H and O–H groups in total. The van der Waals surface area contributed by atoms with E-state index in [2.05, 4.69) is 126 Å². The molecule has 0 aliphatic rings. The summed E-state index contributed by atoms with van der Waals surface area (Å²) in [4.78, 5) is 9.66. The number of pyridine rings is 2. The summed E-state index contributed by atoms with van der Waals surface area (Å²) in [6, 6.07) is 66.5. The molecule has 0 amide bonds. The normalized spacial score (nSPS) is 11.8. The smallest absolute Gasteiger partial charge is 0.155 e. The van der Waals surface area contributed by atoms with Crippen LogP contribution in [0.2, 0.25) is 0 Å². The van der Waals surface area contributed by atoms with Crippen molar-refractivity contribution in [3.8, 4) is 28.1 Å². The number of aryl methyl sites for hydroxylation is 1. The van der Waals surface area contributed by atoms with E-state index in [0.29, 0.717) is 17.1 Å². The predicted molar refractivity (Wildman–Crippen MR) is 260 cm³/mol. The molecule has 0 atom stereocenters. The molecule has 0 unspecified atom stereocenters. The molecule has 0 aliphatic heterocycles. The number of fused-ring (bicyclic) bond motifs is 9. The number of rotatable bonds is 5. The van der Waals surface area contributed by atoms with E-state index >= 15 is 0 Å². The Morgan fingerprint density at radius 3 is 1.90 bits per heavy atom. The molecule has 12 rings (SSSR count). The third-order valence-corrected chi connectivity index (χ3v) is 11.7. The van der Waals surface area contributed by atoms with E-state index in [9.17, 15) is 5.41 Å². The third-order valence-electron chi connectivity index (χ3n) is 11.7. The number of nitrogens with zero attached hydrogens (tertiary/aromatic N) is 4. The lowest BCUT2D eigenvalue weighted by molar-refractivity contribution is 0.667. The first-order valence-electron chi connectivity index (χ1n) is 20.9. The third kappa shape index (κ3) is 6.69. The van der Waals surface area contributed by atoms with Crippen LogP contribution in [-0.4, -0.2) is 24.9 Å². The van der Waals surface area contributed by atoms with Crippen molar-refractivity contribution >= 4 is 77.3 Å². The monoisotopic (exact) mass is 812 g/mol. The molecule has 5 heterocycles. The number of para-hydroxylation sites is 2. The van der Waals surface area contributed by atoms with Gasteiger partial charge in [-0.25, -0.2) is 4.98 Å². The lowest BCUT2D eigenvalue weighted by Crippen LogP contribution is -2.10. The van der Waals surface area contributed by atoms with Crippen LogP contribution in [0.4, 0.5) is 0 Å². The first-order valence-corrected chi connectivity index (χ1v) is 20.9. The van der Waals surface area contributed by atoms with E-state index in [-0.39, 0.29) is 0 Å². The fraction of sp³-hybridized carbons (Fsp3) is 0.0179. The topological polar surface area (TPSA) is 98.7 Å². The van der Waals surface area contributed by atoms with Crippen molar-refractivity contribution < 1.29 is 4.42 Å². The Hall–Kier alpha value is -8.55. The Bertz CT molecular complexity index is 3730. The van der Waals surface area contributed by atoms with Gasteiger partial charge in [-0.2, -0.15) is 0 Å². The molecule has 0 fully saturated rings. The molecule has 12 aromatic rings. The first-order chi connectivity index (χ1) is 31.0. The van der Waals surface area contributed by atoms with E-state index < -0.39 is 0 Å². The zero-order valence-electron chi connectivity index (χ0n) is 34.4. The van der Waals surface area contributed by atoms with Crippen LogP contribution in [0.15, 0.2) is 211 Å². The van der Waals surface area contributed by atoms with Gasteiger partial charge in [0.2, 0.25) is 0 Å². The van der Waals surface area contributed by atoms with Gasteiger partial charge in [-0.15, -0.1) is 0 Å². The Kier molecular flexibility index (Phi) is 9.20. The maximum absolute atomic E-state index is 9.25. The second kappa shape index (κ2) is 15.5. The van der Waals surface area contributed by atoms with Crippen LogP contribution in [0, 0.1) is 12.3 Å². The SMILES string of the molecule is Cc1ccccc1.N=C(/C=C(\N)c1ccccc1)n1c2ccccc2c2ccc(-c3cccc(-c4ccc5c(c4)c4ccccc4n5-c4ccc5oc6cccnc6c5n4)c3)cc21. The van der Waals surface area contributed by atoms with Gasteiger partial charge in [0.1, 0.15) is 22.7 Å². The summed E-state index contributed by atoms with van der Waals surface area (Å²) in [6.45, 7) is 2.08. The van der Waals surface area contributed by atoms with Gasteiger partial charge in [-0.05, 0) is 95.4 Å². The Labute approximate surface area is 363 Å². The lowest BCUT2D eigenvalue weighted by atomic mass is 9.97. The Morgan fingerprint density at radius 1 is 0.524 bits per heavy atom. The number of nitrogens with one attached hydrogen (secondary N) is 1. The number of hydrogen-bond acceptors (Lipinski definition) is 5. The molecular weight excluding hydrogens is 773 g/mol. The molecule has 7 aromatic carbocycles. The summed E-state index contributed by atoms with van der Waals surface area (Å²) >= 11 is 0. The second-order valence-electron chi connectivity index (χ2n) is 15.7. The molecule has 300 valence electrons. The maximum Gasteiger partial charge on any atom is 0.155 e. The summed E-state index contributed by atoms with van der Waals surface area (Å²) in [5, 5.41) is 13.7. The fourth-order valence-electron chi connectivity index (χ4n) is 8.73. The highest BCUT2D eigenvalue weighted by molar-refractivity contribution is 6.17. The Balaban J connectivity index is 0.000000581. The fourth-order valence-corrected chi connectivity index (χ4v) is 8.73. The zero-order valence-corrected chi connectivity index (χ0v) is 34.4. The van der Waals surface area contributed by atoms with Crippen LogP contribution in [0.25, 0.3) is 99.6 Å². The van der Waals surface area contributed by atoms with Crippen molar-refractivity contribution in [3.05, 3.63) is 218 Å². The molecule has 0 radical (unpaired) electrons. The molecule has 7 heteroatoms. The highest BCUT2D eigenvalue weighted by Crippen LogP contribution is 2.38. The van der Waals surface area contributed by atoms with Crippen LogP contribution in [0.1, 0.15) is 11.1 Å². The maximum atomic E-state index is 9.25. The highest BCUT2D eigenvalue weighted by Gasteiger charge is 2.18. The second-order valence-corrected chi connectivity index (χ2v) is 15.7.